The van der Waals surface area contributed by atoms with Gasteiger partial charge >= 0.3 is 0 Å². The third-order valence-electron chi connectivity index (χ3n) is 4.00. The maximum atomic E-state index is 12.1. The molecule has 1 aliphatic rings. The summed E-state index contributed by atoms with van der Waals surface area (Å²) in [5.41, 5.74) is 7.10. The summed E-state index contributed by atoms with van der Waals surface area (Å²) in [6, 6.07) is 9.86. The van der Waals surface area contributed by atoms with Crippen LogP contribution in [-0.2, 0) is 16.1 Å². The SMILES string of the molecule is CCCC(N)C(=O)N1CCC(OCc2ccccc2)CC1.Cl. The largest absolute Gasteiger partial charge is 0.373 e. The van der Waals surface area contributed by atoms with E-state index in [9.17, 15) is 4.79 Å². The molecule has 1 aliphatic heterocycles. The van der Waals surface area contributed by atoms with Crippen molar-refractivity contribution in [3.63, 3.8) is 0 Å². The van der Waals surface area contributed by atoms with Crippen LogP contribution in [0, 0.1) is 0 Å². The van der Waals surface area contributed by atoms with Crippen LogP contribution in [-0.4, -0.2) is 36.0 Å². The lowest BCUT2D eigenvalue weighted by atomic mass is 10.1. The Morgan fingerprint density at radius 1 is 1.32 bits per heavy atom. The van der Waals surface area contributed by atoms with Gasteiger partial charge in [0.25, 0.3) is 0 Å². The Labute approximate surface area is 139 Å². The first-order valence-electron chi connectivity index (χ1n) is 7.90. The fourth-order valence-corrected chi connectivity index (χ4v) is 2.70. The molecular formula is C17H27ClN2O2. The molecule has 1 saturated heterocycles. The number of hydrogen-bond acceptors (Lipinski definition) is 3. The fourth-order valence-electron chi connectivity index (χ4n) is 2.70. The summed E-state index contributed by atoms with van der Waals surface area (Å²) in [6.07, 6.45) is 3.76. The molecule has 0 spiro atoms. The third kappa shape index (κ3) is 5.59. The monoisotopic (exact) mass is 326 g/mol. The number of likely N-dealkylation sites (tertiary alicyclic amines) is 1. The third-order valence-corrected chi connectivity index (χ3v) is 4.00. The first kappa shape index (κ1) is 18.9. The molecule has 1 fully saturated rings. The molecule has 0 aromatic heterocycles. The highest BCUT2D eigenvalue weighted by atomic mass is 35.5. The van der Waals surface area contributed by atoms with E-state index in [1.165, 1.54) is 5.56 Å². The number of nitrogens with two attached hydrogens (primary N) is 1. The number of piperidine rings is 1. The van der Waals surface area contributed by atoms with Crippen molar-refractivity contribution in [2.75, 3.05) is 13.1 Å². The van der Waals surface area contributed by atoms with Crippen molar-refractivity contribution in [2.24, 2.45) is 5.73 Å². The van der Waals surface area contributed by atoms with Crippen molar-refractivity contribution in [3.05, 3.63) is 35.9 Å². The molecule has 4 nitrogen and oxygen atoms in total. The number of benzene rings is 1. The van der Waals surface area contributed by atoms with Crippen LogP contribution in [0.1, 0.15) is 38.2 Å². The standard InChI is InChI=1S/C17H26N2O2.ClH/c1-2-6-16(18)17(20)19-11-9-15(10-12-19)21-13-14-7-4-3-5-8-14;/h3-5,7-8,15-16H,2,6,9-13,18H2,1H3;1H. The van der Waals surface area contributed by atoms with Crippen LogP contribution < -0.4 is 5.73 Å². The minimum Gasteiger partial charge on any atom is -0.373 e. The van der Waals surface area contributed by atoms with Gasteiger partial charge in [0.15, 0.2) is 0 Å². The number of hydrogen-bond donors (Lipinski definition) is 1. The Hall–Kier alpha value is -1.10. The molecule has 0 aliphatic carbocycles. The minimum absolute atomic E-state index is 0. The number of rotatable bonds is 6. The normalized spacial score (nSPS) is 16.9. The van der Waals surface area contributed by atoms with Crippen LogP contribution in [0.2, 0.25) is 0 Å². The van der Waals surface area contributed by atoms with Crippen molar-refractivity contribution in [3.8, 4) is 0 Å². The summed E-state index contributed by atoms with van der Waals surface area (Å²) in [5.74, 6) is 0.0957. The van der Waals surface area contributed by atoms with Gasteiger partial charge in [0.05, 0.1) is 18.8 Å². The molecule has 0 bridgehead atoms. The topological polar surface area (TPSA) is 55.6 Å². The highest BCUT2D eigenvalue weighted by Gasteiger charge is 2.26. The molecule has 2 rings (SSSR count). The number of carbonyl (C=O) groups is 1. The first-order chi connectivity index (χ1) is 10.2. The van der Waals surface area contributed by atoms with Crippen LogP contribution in [0.4, 0.5) is 0 Å². The summed E-state index contributed by atoms with van der Waals surface area (Å²) in [6.45, 7) is 4.22. The fraction of sp³-hybridized carbons (Fsp3) is 0.588. The van der Waals surface area contributed by atoms with E-state index in [0.29, 0.717) is 6.61 Å². The molecule has 0 radical (unpaired) electrons. The van der Waals surface area contributed by atoms with E-state index >= 15 is 0 Å². The van der Waals surface area contributed by atoms with E-state index < -0.39 is 0 Å². The van der Waals surface area contributed by atoms with E-state index in [2.05, 4.69) is 19.1 Å². The van der Waals surface area contributed by atoms with E-state index in [0.717, 1.165) is 38.8 Å². The van der Waals surface area contributed by atoms with E-state index in [1.807, 2.05) is 23.1 Å². The summed E-state index contributed by atoms with van der Waals surface area (Å²) < 4.78 is 5.94. The molecule has 5 heteroatoms. The van der Waals surface area contributed by atoms with Gasteiger partial charge in [0, 0.05) is 13.1 Å². The zero-order valence-corrected chi connectivity index (χ0v) is 14.1. The Kier molecular flexibility index (Phi) is 8.46. The summed E-state index contributed by atoms with van der Waals surface area (Å²) in [4.78, 5) is 14.0. The Morgan fingerprint density at radius 3 is 2.55 bits per heavy atom. The average molecular weight is 327 g/mol. The van der Waals surface area contributed by atoms with Crippen molar-refractivity contribution >= 4 is 18.3 Å². The minimum atomic E-state index is -0.336. The summed E-state index contributed by atoms with van der Waals surface area (Å²) >= 11 is 0. The summed E-state index contributed by atoms with van der Waals surface area (Å²) in [5, 5.41) is 0. The number of nitrogens with zero attached hydrogens (tertiary/aromatic N) is 1. The zero-order valence-electron chi connectivity index (χ0n) is 13.2. The molecule has 0 saturated carbocycles. The van der Waals surface area contributed by atoms with Gasteiger partial charge in [-0.25, -0.2) is 0 Å². The van der Waals surface area contributed by atoms with Crippen LogP contribution in [0.3, 0.4) is 0 Å². The van der Waals surface area contributed by atoms with Gasteiger partial charge in [-0.2, -0.15) is 0 Å². The van der Waals surface area contributed by atoms with Gasteiger partial charge in [-0.15, -0.1) is 12.4 Å². The van der Waals surface area contributed by atoms with Crippen molar-refractivity contribution in [1.82, 2.24) is 4.90 Å². The highest BCUT2D eigenvalue weighted by molar-refractivity contribution is 5.85. The number of halogens is 1. The van der Waals surface area contributed by atoms with Crippen molar-refractivity contribution in [2.45, 2.75) is 51.4 Å². The molecule has 1 unspecified atom stereocenters. The second-order valence-electron chi connectivity index (χ2n) is 5.72. The smallest absolute Gasteiger partial charge is 0.239 e. The molecule has 1 atom stereocenters. The van der Waals surface area contributed by atoms with Crippen LogP contribution in [0.15, 0.2) is 30.3 Å². The lowest BCUT2D eigenvalue weighted by molar-refractivity contribution is -0.135. The number of ether oxygens (including phenoxy) is 1. The summed E-state index contributed by atoms with van der Waals surface area (Å²) in [7, 11) is 0. The van der Waals surface area contributed by atoms with E-state index in [1.54, 1.807) is 0 Å². The van der Waals surface area contributed by atoms with Gasteiger partial charge in [-0.3, -0.25) is 4.79 Å². The van der Waals surface area contributed by atoms with Gasteiger partial charge in [-0.05, 0) is 24.8 Å². The molecular weight excluding hydrogens is 300 g/mol. The molecule has 124 valence electrons. The zero-order chi connectivity index (χ0) is 15.1. The predicted octanol–water partition coefficient (Wildman–Crippen LogP) is 2.74. The maximum Gasteiger partial charge on any atom is 0.239 e. The van der Waals surface area contributed by atoms with Crippen molar-refractivity contribution in [1.29, 1.82) is 0 Å². The van der Waals surface area contributed by atoms with E-state index in [-0.39, 0.29) is 30.5 Å². The first-order valence-corrected chi connectivity index (χ1v) is 7.90. The lowest BCUT2D eigenvalue weighted by Gasteiger charge is -2.33. The van der Waals surface area contributed by atoms with E-state index in [4.69, 9.17) is 10.5 Å². The van der Waals surface area contributed by atoms with Crippen molar-refractivity contribution < 1.29 is 9.53 Å². The molecule has 2 N–H and O–H groups in total. The quantitative estimate of drug-likeness (QED) is 0.874. The van der Waals surface area contributed by atoms with Gasteiger partial charge in [0.2, 0.25) is 5.91 Å². The molecule has 1 aromatic carbocycles. The number of carbonyl (C=O) groups excluding carboxylic acids is 1. The van der Waals surface area contributed by atoms with Crippen LogP contribution in [0.5, 0.6) is 0 Å². The van der Waals surface area contributed by atoms with Gasteiger partial charge in [-0.1, -0.05) is 43.7 Å². The lowest BCUT2D eigenvalue weighted by Crippen LogP contribution is -2.48. The van der Waals surface area contributed by atoms with Crippen LogP contribution in [0.25, 0.3) is 0 Å². The Morgan fingerprint density at radius 2 is 1.95 bits per heavy atom. The average Bonchev–Trinajstić information content (AvgIpc) is 2.54. The second kappa shape index (κ2) is 9.82. The second-order valence-corrected chi connectivity index (χ2v) is 5.72. The molecule has 1 heterocycles. The van der Waals surface area contributed by atoms with Gasteiger partial charge in [0.1, 0.15) is 0 Å². The molecule has 1 amide bonds. The number of amides is 1. The molecule has 1 aromatic rings. The van der Waals surface area contributed by atoms with Gasteiger partial charge < -0.3 is 15.4 Å². The highest BCUT2D eigenvalue weighted by Crippen LogP contribution is 2.16. The Balaban J connectivity index is 0.00000242. The maximum absolute atomic E-state index is 12.1. The molecule has 22 heavy (non-hydrogen) atoms. The van der Waals surface area contributed by atoms with Crippen LogP contribution >= 0.6 is 12.4 Å². The Bertz CT molecular complexity index is 434. The predicted molar refractivity (Wildman–Crippen MR) is 91.0 cm³/mol.